The van der Waals surface area contributed by atoms with E-state index in [1.165, 1.54) is 18.4 Å². The molecule has 0 amide bonds. The minimum Gasteiger partial charge on any atom is -0.357 e. The van der Waals surface area contributed by atoms with Crippen LogP contribution >= 0.6 is 11.6 Å². The van der Waals surface area contributed by atoms with Crippen molar-refractivity contribution in [3.8, 4) is 0 Å². The van der Waals surface area contributed by atoms with Gasteiger partial charge in [-0.3, -0.25) is 9.58 Å². The van der Waals surface area contributed by atoms with Crippen molar-refractivity contribution in [1.82, 2.24) is 25.3 Å². The largest absolute Gasteiger partial charge is 0.357 e. The van der Waals surface area contributed by atoms with Gasteiger partial charge in [-0.25, -0.2) is 4.99 Å². The van der Waals surface area contributed by atoms with Gasteiger partial charge >= 0.3 is 0 Å². The van der Waals surface area contributed by atoms with E-state index in [4.69, 9.17) is 16.6 Å². The molecule has 1 saturated heterocycles. The van der Waals surface area contributed by atoms with Gasteiger partial charge in [0.1, 0.15) is 0 Å². The van der Waals surface area contributed by atoms with E-state index in [0.717, 1.165) is 36.3 Å². The van der Waals surface area contributed by atoms with Crippen LogP contribution in [-0.2, 0) is 13.6 Å². The number of aromatic nitrogens is 2. The fourth-order valence-electron chi connectivity index (χ4n) is 3.98. The van der Waals surface area contributed by atoms with Gasteiger partial charge in [0, 0.05) is 37.4 Å². The van der Waals surface area contributed by atoms with Crippen molar-refractivity contribution < 1.29 is 0 Å². The smallest absolute Gasteiger partial charge is 0.191 e. The fourth-order valence-corrected chi connectivity index (χ4v) is 4.18. The number of piperidine rings is 1. The molecule has 2 unspecified atom stereocenters. The van der Waals surface area contributed by atoms with Crippen molar-refractivity contribution >= 4 is 17.6 Å². The molecule has 0 aliphatic carbocycles. The fraction of sp³-hybridized carbons (Fsp3) is 0.524. The molecular formula is C21H31ClN6. The lowest BCUT2D eigenvalue weighted by molar-refractivity contribution is 0.122. The first-order valence-electron chi connectivity index (χ1n) is 10.0. The molecule has 2 N–H and O–H groups in total. The third kappa shape index (κ3) is 5.26. The van der Waals surface area contributed by atoms with Crippen LogP contribution in [0.15, 0.2) is 41.5 Å². The van der Waals surface area contributed by atoms with E-state index >= 15 is 0 Å². The lowest BCUT2D eigenvalue weighted by Gasteiger charge is -2.40. The second-order valence-electron chi connectivity index (χ2n) is 7.40. The van der Waals surface area contributed by atoms with E-state index < -0.39 is 0 Å². The van der Waals surface area contributed by atoms with Gasteiger partial charge in [0.05, 0.1) is 12.2 Å². The Morgan fingerprint density at radius 3 is 2.86 bits per heavy atom. The number of nitrogens with zero attached hydrogens (tertiary/aromatic N) is 4. The number of hydrogen-bond acceptors (Lipinski definition) is 3. The highest BCUT2D eigenvalue weighted by Crippen LogP contribution is 2.35. The highest BCUT2D eigenvalue weighted by Gasteiger charge is 2.30. The maximum atomic E-state index is 6.26. The minimum absolute atomic E-state index is 0.361. The number of aryl methyl sites for hydroxylation is 1. The van der Waals surface area contributed by atoms with Crippen LogP contribution < -0.4 is 10.6 Å². The highest BCUT2D eigenvalue weighted by atomic mass is 35.5. The van der Waals surface area contributed by atoms with Crippen LogP contribution in [-0.4, -0.2) is 47.3 Å². The summed E-state index contributed by atoms with van der Waals surface area (Å²) in [6, 6.07) is 10.6. The predicted octanol–water partition coefficient (Wildman–Crippen LogP) is 3.21. The molecule has 0 bridgehead atoms. The molecule has 1 aliphatic heterocycles. The van der Waals surface area contributed by atoms with Crippen LogP contribution in [0.3, 0.4) is 0 Å². The van der Waals surface area contributed by atoms with Gasteiger partial charge in [-0.2, -0.15) is 5.10 Å². The molecule has 2 atom stereocenters. The van der Waals surface area contributed by atoms with Gasteiger partial charge in [0.15, 0.2) is 5.96 Å². The van der Waals surface area contributed by atoms with E-state index in [2.05, 4.69) is 46.7 Å². The van der Waals surface area contributed by atoms with Crippen LogP contribution in [0.4, 0.5) is 0 Å². The van der Waals surface area contributed by atoms with Crippen molar-refractivity contribution in [3.05, 3.63) is 52.8 Å². The Kier molecular flexibility index (Phi) is 7.34. The van der Waals surface area contributed by atoms with E-state index in [0.29, 0.717) is 18.5 Å². The van der Waals surface area contributed by atoms with Crippen molar-refractivity contribution in [1.29, 1.82) is 0 Å². The van der Waals surface area contributed by atoms with E-state index in [1.807, 2.05) is 29.9 Å². The molecule has 3 rings (SSSR count). The molecule has 0 spiro atoms. The number of rotatable bonds is 6. The van der Waals surface area contributed by atoms with Crippen LogP contribution in [0.5, 0.6) is 0 Å². The Labute approximate surface area is 173 Å². The first-order valence-corrected chi connectivity index (χ1v) is 10.4. The molecule has 1 fully saturated rings. The van der Waals surface area contributed by atoms with Gasteiger partial charge in [-0.15, -0.1) is 0 Å². The van der Waals surface area contributed by atoms with Crippen molar-refractivity contribution in [2.24, 2.45) is 18.0 Å². The monoisotopic (exact) mass is 402 g/mol. The standard InChI is InChI=1S/C21H31ClN6/c1-4-23-21(25-15-19-10-11-26-28(19)3)24-14-17-8-6-12-27(2)20(17)16-7-5-9-18(22)13-16/h5,7,9-11,13,17,20H,4,6,8,12,14-15H2,1-3H3,(H2,23,24,25). The average molecular weight is 403 g/mol. The zero-order valence-electron chi connectivity index (χ0n) is 17.0. The Bertz CT molecular complexity index is 787. The quantitative estimate of drug-likeness (QED) is 0.575. The molecule has 6 nitrogen and oxygen atoms in total. The summed E-state index contributed by atoms with van der Waals surface area (Å²) in [6.45, 7) is 5.51. The van der Waals surface area contributed by atoms with E-state index in [9.17, 15) is 0 Å². The second-order valence-corrected chi connectivity index (χ2v) is 7.84. The lowest BCUT2D eigenvalue weighted by atomic mass is 9.85. The van der Waals surface area contributed by atoms with Crippen LogP contribution in [0, 0.1) is 5.92 Å². The Morgan fingerprint density at radius 1 is 1.29 bits per heavy atom. The molecule has 0 radical (unpaired) electrons. The number of benzene rings is 1. The predicted molar refractivity (Wildman–Crippen MR) is 116 cm³/mol. The molecule has 2 heterocycles. The summed E-state index contributed by atoms with van der Waals surface area (Å²) in [4.78, 5) is 7.18. The minimum atomic E-state index is 0.361. The second kappa shape index (κ2) is 9.94. The Balaban J connectivity index is 1.69. The highest BCUT2D eigenvalue weighted by molar-refractivity contribution is 6.30. The molecule has 1 aromatic heterocycles. The summed E-state index contributed by atoms with van der Waals surface area (Å²) in [5.74, 6) is 1.35. The van der Waals surface area contributed by atoms with Crippen LogP contribution in [0.25, 0.3) is 0 Å². The topological polar surface area (TPSA) is 57.5 Å². The molecule has 152 valence electrons. The Morgan fingerprint density at radius 2 is 2.14 bits per heavy atom. The van der Waals surface area contributed by atoms with Crippen LogP contribution in [0.2, 0.25) is 5.02 Å². The molecular weight excluding hydrogens is 372 g/mol. The third-order valence-electron chi connectivity index (χ3n) is 5.39. The third-order valence-corrected chi connectivity index (χ3v) is 5.63. The van der Waals surface area contributed by atoms with Crippen LogP contribution in [0.1, 0.15) is 37.1 Å². The summed E-state index contributed by atoms with van der Waals surface area (Å²) >= 11 is 6.26. The first-order chi connectivity index (χ1) is 13.6. The Hall–Kier alpha value is -2.05. The number of likely N-dealkylation sites (tertiary alicyclic amines) is 1. The van der Waals surface area contributed by atoms with Gasteiger partial charge in [0.2, 0.25) is 0 Å². The number of nitrogens with one attached hydrogen (secondary N) is 2. The van der Waals surface area contributed by atoms with Crippen molar-refractivity contribution in [2.45, 2.75) is 32.4 Å². The van der Waals surface area contributed by atoms with Gasteiger partial charge in [-0.05, 0) is 63.0 Å². The molecule has 7 heteroatoms. The van der Waals surface area contributed by atoms with Crippen molar-refractivity contribution in [3.63, 3.8) is 0 Å². The van der Waals surface area contributed by atoms with Gasteiger partial charge < -0.3 is 10.6 Å². The molecule has 1 aromatic carbocycles. The SMILES string of the molecule is CCNC(=NCc1ccnn1C)NCC1CCCN(C)C1c1cccc(Cl)c1. The maximum Gasteiger partial charge on any atom is 0.191 e. The van der Waals surface area contributed by atoms with Gasteiger partial charge in [-0.1, -0.05) is 23.7 Å². The molecule has 1 aliphatic rings. The number of hydrogen-bond donors (Lipinski definition) is 2. The summed E-state index contributed by atoms with van der Waals surface area (Å²) in [6.07, 6.45) is 4.21. The zero-order chi connectivity index (χ0) is 19.9. The summed E-state index contributed by atoms with van der Waals surface area (Å²) in [5, 5.41) is 11.9. The molecule has 2 aromatic rings. The summed E-state index contributed by atoms with van der Waals surface area (Å²) in [5.41, 5.74) is 2.38. The maximum absolute atomic E-state index is 6.26. The normalized spacial score (nSPS) is 20.9. The van der Waals surface area contributed by atoms with E-state index in [-0.39, 0.29) is 0 Å². The number of guanidine groups is 1. The lowest BCUT2D eigenvalue weighted by Crippen LogP contribution is -2.45. The summed E-state index contributed by atoms with van der Waals surface area (Å²) < 4.78 is 1.86. The summed E-state index contributed by atoms with van der Waals surface area (Å²) in [7, 11) is 4.15. The number of aliphatic imine (C=N–C) groups is 1. The molecule has 28 heavy (non-hydrogen) atoms. The van der Waals surface area contributed by atoms with Crippen molar-refractivity contribution in [2.75, 3.05) is 26.7 Å². The zero-order valence-corrected chi connectivity index (χ0v) is 17.8. The molecule has 0 saturated carbocycles. The first kappa shape index (κ1) is 20.7. The van der Waals surface area contributed by atoms with Gasteiger partial charge in [0.25, 0.3) is 0 Å². The number of halogens is 1. The van der Waals surface area contributed by atoms with E-state index in [1.54, 1.807) is 6.20 Å². The average Bonchev–Trinajstić information content (AvgIpc) is 3.09.